The molecular formula is C18H18N4O4. The van der Waals surface area contributed by atoms with Gasteiger partial charge < -0.3 is 13.9 Å². The molecule has 0 radical (unpaired) electrons. The van der Waals surface area contributed by atoms with Crippen LogP contribution < -0.4 is 14.9 Å². The van der Waals surface area contributed by atoms with E-state index >= 15 is 0 Å². The Balaban J connectivity index is 1.65. The molecule has 134 valence electrons. The molecule has 0 saturated heterocycles. The summed E-state index contributed by atoms with van der Waals surface area (Å²) in [5.74, 6) is 2.15. The molecule has 3 aromatic rings. The van der Waals surface area contributed by atoms with Gasteiger partial charge in [0.05, 0.1) is 20.4 Å². The number of aryl methyl sites for hydroxylation is 1. The maximum absolute atomic E-state index is 12.1. The molecule has 0 atom stereocenters. The maximum atomic E-state index is 12.1. The van der Waals surface area contributed by atoms with E-state index in [4.69, 9.17) is 13.9 Å². The van der Waals surface area contributed by atoms with E-state index in [1.807, 2.05) is 13.0 Å². The molecule has 1 amide bonds. The van der Waals surface area contributed by atoms with Crippen molar-refractivity contribution < 1.29 is 18.7 Å². The molecule has 2 heterocycles. The van der Waals surface area contributed by atoms with Gasteiger partial charge in [-0.15, -0.1) is 0 Å². The summed E-state index contributed by atoms with van der Waals surface area (Å²) in [5.41, 5.74) is 4.00. The minimum absolute atomic E-state index is 0.207. The summed E-state index contributed by atoms with van der Waals surface area (Å²) in [6.07, 6.45) is 1.50. The monoisotopic (exact) mass is 354 g/mol. The molecule has 0 bridgehead atoms. The summed E-state index contributed by atoms with van der Waals surface area (Å²) in [6.45, 7) is 1.84. The number of methoxy groups -OCH3 is 2. The molecule has 2 N–H and O–H groups in total. The molecule has 0 fully saturated rings. The maximum Gasteiger partial charge on any atom is 0.291 e. The first kappa shape index (κ1) is 17.3. The molecule has 0 aliphatic heterocycles. The third-order valence-electron chi connectivity index (χ3n) is 3.60. The van der Waals surface area contributed by atoms with Gasteiger partial charge in [-0.1, -0.05) is 0 Å². The van der Waals surface area contributed by atoms with E-state index < -0.39 is 5.91 Å². The summed E-state index contributed by atoms with van der Waals surface area (Å²) in [6, 6.07) is 10.5. The van der Waals surface area contributed by atoms with Crippen LogP contribution in [-0.4, -0.2) is 36.5 Å². The van der Waals surface area contributed by atoms with E-state index in [0.29, 0.717) is 23.0 Å². The van der Waals surface area contributed by atoms with Gasteiger partial charge in [-0.05, 0) is 42.8 Å². The average molecular weight is 354 g/mol. The summed E-state index contributed by atoms with van der Waals surface area (Å²) >= 11 is 0. The topological polar surface area (TPSA) is 102 Å². The zero-order valence-corrected chi connectivity index (χ0v) is 14.6. The Labute approximate surface area is 149 Å². The number of aromatic nitrogens is 2. The summed E-state index contributed by atoms with van der Waals surface area (Å²) in [5, 5.41) is 10.7. The Morgan fingerprint density at radius 2 is 2.00 bits per heavy atom. The van der Waals surface area contributed by atoms with Crippen molar-refractivity contribution in [3.05, 3.63) is 53.4 Å². The highest BCUT2D eigenvalue weighted by molar-refractivity contribution is 5.94. The van der Waals surface area contributed by atoms with Crippen molar-refractivity contribution in [2.45, 2.75) is 6.92 Å². The fourth-order valence-corrected chi connectivity index (χ4v) is 2.30. The van der Waals surface area contributed by atoms with E-state index in [2.05, 4.69) is 20.7 Å². The number of benzene rings is 1. The molecule has 1 aromatic carbocycles. The van der Waals surface area contributed by atoms with Crippen molar-refractivity contribution in [2.75, 3.05) is 14.2 Å². The van der Waals surface area contributed by atoms with Gasteiger partial charge >= 0.3 is 0 Å². The van der Waals surface area contributed by atoms with Gasteiger partial charge in [0.2, 0.25) is 0 Å². The number of hydrogen-bond acceptors (Lipinski definition) is 6. The standard InChI is InChI=1S/C18H18N4O4/c1-11-4-6-15(26-11)13-9-14(21-20-13)18(23)22-19-10-12-5-7-16(24-2)17(8-12)25-3/h4-10H,1-3H3,(H,20,21)(H,22,23)/b19-10-. The van der Waals surface area contributed by atoms with Gasteiger partial charge in [0.15, 0.2) is 23.0 Å². The van der Waals surface area contributed by atoms with E-state index in [1.165, 1.54) is 6.21 Å². The average Bonchev–Trinajstić information content (AvgIpc) is 3.30. The molecule has 0 spiro atoms. The van der Waals surface area contributed by atoms with E-state index in [0.717, 1.165) is 11.3 Å². The first-order chi connectivity index (χ1) is 12.6. The Bertz CT molecular complexity index is 942. The van der Waals surface area contributed by atoms with Crippen molar-refractivity contribution in [1.82, 2.24) is 15.6 Å². The van der Waals surface area contributed by atoms with Crippen LogP contribution in [0.25, 0.3) is 11.5 Å². The number of amides is 1. The molecule has 26 heavy (non-hydrogen) atoms. The van der Waals surface area contributed by atoms with Gasteiger partial charge in [0.25, 0.3) is 5.91 Å². The lowest BCUT2D eigenvalue weighted by Crippen LogP contribution is -2.18. The minimum Gasteiger partial charge on any atom is -0.493 e. The summed E-state index contributed by atoms with van der Waals surface area (Å²) in [7, 11) is 3.12. The van der Waals surface area contributed by atoms with E-state index in [9.17, 15) is 4.79 Å². The number of rotatable bonds is 6. The van der Waals surface area contributed by atoms with Crippen molar-refractivity contribution in [1.29, 1.82) is 0 Å². The number of furan rings is 1. The van der Waals surface area contributed by atoms with Crippen molar-refractivity contribution in [3.8, 4) is 23.0 Å². The number of ether oxygens (including phenoxy) is 2. The molecule has 8 nitrogen and oxygen atoms in total. The normalized spacial score (nSPS) is 10.9. The van der Waals surface area contributed by atoms with Crippen LogP contribution in [0, 0.1) is 6.92 Å². The number of hydrazone groups is 1. The number of nitrogens with one attached hydrogen (secondary N) is 2. The Hall–Kier alpha value is -3.55. The Morgan fingerprint density at radius 1 is 1.19 bits per heavy atom. The highest BCUT2D eigenvalue weighted by atomic mass is 16.5. The van der Waals surface area contributed by atoms with Gasteiger partial charge in [-0.25, -0.2) is 5.43 Å². The van der Waals surface area contributed by atoms with Crippen molar-refractivity contribution >= 4 is 12.1 Å². The molecule has 0 saturated carbocycles. The van der Waals surface area contributed by atoms with Gasteiger partial charge in [-0.2, -0.15) is 10.2 Å². The quantitative estimate of drug-likeness (QED) is 0.523. The highest BCUT2D eigenvalue weighted by Gasteiger charge is 2.12. The van der Waals surface area contributed by atoms with Gasteiger partial charge in [-0.3, -0.25) is 9.89 Å². The third kappa shape index (κ3) is 3.75. The van der Waals surface area contributed by atoms with Crippen LogP contribution in [0.3, 0.4) is 0 Å². The predicted molar refractivity (Wildman–Crippen MR) is 95.6 cm³/mol. The zero-order chi connectivity index (χ0) is 18.5. The number of H-pyrrole nitrogens is 1. The van der Waals surface area contributed by atoms with Gasteiger partial charge in [0, 0.05) is 6.07 Å². The van der Waals surface area contributed by atoms with E-state index in [-0.39, 0.29) is 5.69 Å². The lowest BCUT2D eigenvalue weighted by Gasteiger charge is -2.07. The van der Waals surface area contributed by atoms with Crippen LogP contribution in [0.5, 0.6) is 11.5 Å². The Morgan fingerprint density at radius 3 is 2.69 bits per heavy atom. The highest BCUT2D eigenvalue weighted by Crippen LogP contribution is 2.26. The number of carbonyl (C=O) groups excluding carboxylic acids is 1. The predicted octanol–water partition coefficient (Wildman–Crippen LogP) is 2.76. The second-order valence-corrected chi connectivity index (χ2v) is 5.39. The molecule has 0 unspecified atom stereocenters. The molecule has 8 heteroatoms. The van der Waals surface area contributed by atoms with Crippen LogP contribution in [0.15, 0.2) is 45.9 Å². The van der Waals surface area contributed by atoms with Crippen LogP contribution in [-0.2, 0) is 0 Å². The minimum atomic E-state index is -0.437. The molecular weight excluding hydrogens is 336 g/mol. The lowest BCUT2D eigenvalue weighted by atomic mass is 10.2. The van der Waals surface area contributed by atoms with Crippen LogP contribution in [0.4, 0.5) is 0 Å². The van der Waals surface area contributed by atoms with Crippen molar-refractivity contribution in [2.24, 2.45) is 5.10 Å². The van der Waals surface area contributed by atoms with Crippen LogP contribution in [0.2, 0.25) is 0 Å². The fourth-order valence-electron chi connectivity index (χ4n) is 2.30. The number of hydrogen-bond donors (Lipinski definition) is 2. The van der Waals surface area contributed by atoms with Crippen LogP contribution in [0.1, 0.15) is 21.8 Å². The largest absolute Gasteiger partial charge is 0.493 e. The molecule has 2 aromatic heterocycles. The summed E-state index contributed by atoms with van der Waals surface area (Å²) < 4.78 is 15.9. The number of carbonyl (C=O) groups is 1. The summed E-state index contributed by atoms with van der Waals surface area (Å²) in [4.78, 5) is 12.1. The van der Waals surface area contributed by atoms with Crippen molar-refractivity contribution in [3.63, 3.8) is 0 Å². The van der Waals surface area contributed by atoms with E-state index in [1.54, 1.807) is 44.6 Å². The number of nitrogens with zero attached hydrogens (tertiary/aromatic N) is 2. The first-order valence-corrected chi connectivity index (χ1v) is 7.78. The number of aromatic amines is 1. The smallest absolute Gasteiger partial charge is 0.291 e. The molecule has 0 aliphatic carbocycles. The van der Waals surface area contributed by atoms with Crippen LogP contribution >= 0.6 is 0 Å². The second kappa shape index (κ2) is 7.56. The second-order valence-electron chi connectivity index (χ2n) is 5.39. The Kier molecular flexibility index (Phi) is 5.02. The first-order valence-electron chi connectivity index (χ1n) is 7.78. The molecule has 0 aliphatic rings. The van der Waals surface area contributed by atoms with Gasteiger partial charge in [0.1, 0.15) is 11.5 Å². The molecule has 3 rings (SSSR count). The third-order valence-corrected chi connectivity index (χ3v) is 3.60. The zero-order valence-electron chi connectivity index (χ0n) is 14.6. The SMILES string of the molecule is COc1ccc(/C=N\NC(=O)c2cc(-c3ccc(C)o3)[nH]n2)cc1OC. The lowest BCUT2D eigenvalue weighted by molar-refractivity contribution is 0.0950. The fraction of sp³-hybridized carbons (Fsp3) is 0.167.